The lowest BCUT2D eigenvalue weighted by Gasteiger charge is -2.33. The number of carbonyl (C=O) groups is 1. The molecule has 0 saturated carbocycles. The van der Waals surface area contributed by atoms with Crippen molar-refractivity contribution in [3.63, 3.8) is 0 Å². The molecule has 18 heavy (non-hydrogen) atoms. The Balaban J connectivity index is 2.26. The number of hydrogen-bond acceptors (Lipinski definition) is 3. The average Bonchev–Trinajstić information content (AvgIpc) is 2.39. The SMILES string of the molecule is CNC1CCc2ccccc2C1OC(=O)C(C)C. The van der Waals surface area contributed by atoms with E-state index in [0.29, 0.717) is 0 Å². The Labute approximate surface area is 109 Å². The third-order valence-corrected chi connectivity index (χ3v) is 3.54. The van der Waals surface area contributed by atoms with Gasteiger partial charge in [-0.25, -0.2) is 0 Å². The third kappa shape index (κ3) is 2.56. The molecular formula is C15H21NO2. The van der Waals surface area contributed by atoms with Crippen molar-refractivity contribution in [2.75, 3.05) is 7.05 Å². The minimum Gasteiger partial charge on any atom is -0.456 e. The Morgan fingerprint density at radius 3 is 2.78 bits per heavy atom. The predicted octanol–water partition coefficient (Wildman–Crippen LogP) is 2.46. The molecule has 0 radical (unpaired) electrons. The molecule has 1 aliphatic carbocycles. The van der Waals surface area contributed by atoms with E-state index in [9.17, 15) is 4.79 Å². The monoisotopic (exact) mass is 247 g/mol. The fourth-order valence-electron chi connectivity index (χ4n) is 2.42. The molecule has 3 heteroatoms. The fourth-order valence-corrected chi connectivity index (χ4v) is 2.42. The molecule has 1 aliphatic rings. The molecule has 1 N–H and O–H groups in total. The fraction of sp³-hybridized carbons (Fsp3) is 0.533. The number of ether oxygens (including phenoxy) is 1. The number of aryl methyl sites for hydroxylation is 1. The number of esters is 1. The third-order valence-electron chi connectivity index (χ3n) is 3.54. The average molecular weight is 247 g/mol. The highest BCUT2D eigenvalue weighted by molar-refractivity contribution is 5.72. The van der Waals surface area contributed by atoms with Crippen LogP contribution in [-0.4, -0.2) is 19.1 Å². The summed E-state index contributed by atoms with van der Waals surface area (Å²) in [4.78, 5) is 11.8. The second kappa shape index (κ2) is 5.53. The summed E-state index contributed by atoms with van der Waals surface area (Å²) in [6.45, 7) is 3.73. The van der Waals surface area contributed by atoms with Crippen LogP contribution in [0.3, 0.4) is 0 Å². The predicted molar refractivity (Wildman–Crippen MR) is 71.3 cm³/mol. The zero-order chi connectivity index (χ0) is 13.1. The highest BCUT2D eigenvalue weighted by Gasteiger charge is 2.31. The molecule has 0 fully saturated rings. The van der Waals surface area contributed by atoms with Gasteiger partial charge in [-0.15, -0.1) is 0 Å². The molecule has 0 aliphatic heterocycles. The minimum atomic E-state index is -0.158. The lowest BCUT2D eigenvalue weighted by atomic mass is 9.86. The summed E-state index contributed by atoms with van der Waals surface area (Å²) >= 11 is 0. The van der Waals surface area contributed by atoms with Crippen LogP contribution in [0.4, 0.5) is 0 Å². The maximum Gasteiger partial charge on any atom is 0.309 e. The Morgan fingerprint density at radius 2 is 2.11 bits per heavy atom. The van der Waals surface area contributed by atoms with Crippen molar-refractivity contribution >= 4 is 5.97 Å². The number of carbonyl (C=O) groups excluding carboxylic acids is 1. The van der Waals surface area contributed by atoms with Gasteiger partial charge < -0.3 is 10.1 Å². The number of fused-ring (bicyclic) bond motifs is 1. The van der Waals surface area contributed by atoms with Gasteiger partial charge in [0.2, 0.25) is 0 Å². The van der Waals surface area contributed by atoms with Crippen molar-refractivity contribution in [3.8, 4) is 0 Å². The van der Waals surface area contributed by atoms with E-state index in [1.165, 1.54) is 5.56 Å². The molecule has 1 aromatic carbocycles. The van der Waals surface area contributed by atoms with Crippen LogP contribution in [-0.2, 0) is 16.0 Å². The summed E-state index contributed by atoms with van der Waals surface area (Å²) in [6, 6.07) is 8.45. The van der Waals surface area contributed by atoms with Crippen LogP contribution in [0.2, 0.25) is 0 Å². The van der Waals surface area contributed by atoms with Crippen molar-refractivity contribution in [2.24, 2.45) is 5.92 Å². The van der Waals surface area contributed by atoms with Gasteiger partial charge in [-0.05, 0) is 31.0 Å². The van der Waals surface area contributed by atoms with Crippen molar-refractivity contribution in [2.45, 2.75) is 38.8 Å². The first-order chi connectivity index (χ1) is 8.63. The summed E-state index contributed by atoms with van der Waals surface area (Å²) < 4.78 is 5.68. The van der Waals surface area contributed by atoms with E-state index in [1.54, 1.807) is 0 Å². The second-order valence-corrected chi connectivity index (χ2v) is 5.14. The largest absolute Gasteiger partial charge is 0.456 e. The lowest BCUT2D eigenvalue weighted by molar-refractivity contribution is -0.155. The molecule has 2 atom stereocenters. The molecule has 1 aromatic rings. The summed E-state index contributed by atoms with van der Waals surface area (Å²) in [5.74, 6) is -0.214. The topological polar surface area (TPSA) is 38.3 Å². The highest BCUT2D eigenvalue weighted by Crippen LogP contribution is 2.33. The number of benzene rings is 1. The first-order valence-electron chi connectivity index (χ1n) is 6.59. The van der Waals surface area contributed by atoms with Crippen LogP contribution in [0.5, 0.6) is 0 Å². The second-order valence-electron chi connectivity index (χ2n) is 5.14. The standard InChI is InChI=1S/C15H21NO2/c1-10(2)15(17)18-14-12-7-5-4-6-11(12)8-9-13(14)16-3/h4-7,10,13-14,16H,8-9H2,1-3H3. The number of nitrogens with one attached hydrogen (secondary N) is 1. The zero-order valence-corrected chi connectivity index (χ0v) is 11.3. The van der Waals surface area contributed by atoms with Gasteiger partial charge in [0, 0.05) is 6.04 Å². The first kappa shape index (κ1) is 13.1. The molecule has 2 unspecified atom stereocenters. The number of hydrogen-bond donors (Lipinski definition) is 1. The molecule has 0 aromatic heterocycles. The Kier molecular flexibility index (Phi) is 4.02. The zero-order valence-electron chi connectivity index (χ0n) is 11.3. The van der Waals surface area contributed by atoms with Crippen molar-refractivity contribution in [1.82, 2.24) is 5.32 Å². The summed E-state index contributed by atoms with van der Waals surface area (Å²) in [6.07, 6.45) is 1.89. The smallest absolute Gasteiger partial charge is 0.309 e. The van der Waals surface area contributed by atoms with E-state index < -0.39 is 0 Å². The van der Waals surface area contributed by atoms with Gasteiger partial charge in [0.15, 0.2) is 0 Å². The first-order valence-corrected chi connectivity index (χ1v) is 6.59. The Hall–Kier alpha value is -1.35. The van der Waals surface area contributed by atoms with Gasteiger partial charge in [0.25, 0.3) is 0 Å². The van der Waals surface area contributed by atoms with Gasteiger partial charge in [0.05, 0.1) is 5.92 Å². The molecule has 2 rings (SSSR count). The molecule has 0 saturated heterocycles. The van der Waals surface area contributed by atoms with E-state index in [0.717, 1.165) is 18.4 Å². The van der Waals surface area contributed by atoms with Crippen LogP contribution in [0.15, 0.2) is 24.3 Å². The van der Waals surface area contributed by atoms with E-state index in [1.807, 2.05) is 33.0 Å². The van der Waals surface area contributed by atoms with Gasteiger partial charge in [-0.2, -0.15) is 0 Å². The van der Waals surface area contributed by atoms with Crippen LogP contribution in [0.25, 0.3) is 0 Å². The molecule has 98 valence electrons. The number of rotatable bonds is 3. The van der Waals surface area contributed by atoms with Gasteiger partial charge in [0.1, 0.15) is 6.10 Å². The van der Waals surface area contributed by atoms with Crippen LogP contribution < -0.4 is 5.32 Å². The van der Waals surface area contributed by atoms with Crippen molar-refractivity contribution in [3.05, 3.63) is 35.4 Å². The highest BCUT2D eigenvalue weighted by atomic mass is 16.5. The van der Waals surface area contributed by atoms with Gasteiger partial charge in [-0.3, -0.25) is 4.79 Å². The molecule has 0 heterocycles. The number of likely N-dealkylation sites (N-methyl/N-ethyl adjacent to an activating group) is 1. The van der Waals surface area contributed by atoms with E-state index in [4.69, 9.17) is 4.74 Å². The molecule has 3 nitrogen and oxygen atoms in total. The van der Waals surface area contributed by atoms with Gasteiger partial charge in [-0.1, -0.05) is 38.1 Å². The molecule has 0 amide bonds. The molecule has 0 spiro atoms. The Bertz CT molecular complexity index is 428. The van der Waals surface area contributed by atoms with Crippen LogP contribution in [0.1, 0.15) is 37.5 Å². The normalized spacial score (nSPS) is 22.7. The van der Waals surface area contributed by atoms with E-state index >= 15 is 0 Å². The maximum atomic E-state index is 11.8. The van der Waals surface area contributed by atoms with Gasteiger partial charge >= 0.3 is 5.97 Å². The van der Waals surface area contributed by atoms with Crippen molar-refractivity contribution < 1.29 is 9.53 Å². The van der Waals surface area contributed by atoms with Crippen LogP contribution >= 0.6 is 0 Å². The maximum absolute atomic E-state index is 11.8. The summed E-state index contributed by atoms with van der Waals surface area (Å²) in [7, 11) is 1.93. The van der Waals surface area contributed by atoms with Crippen LogP contribution in [0, 0.1) is 5.92 Å². The summed E-state index contributed by atoms with van der Waals surface area (Å²) in [5, 5.41) is 3.26. The molecular weight excluding hydrogens is 226 g/mol. The van der Waals surface area contributed by atoms with E-state index in [2.05, 4.69) is 17.4 Å². The quantitative estimate of drug-likeness (QED) is 0.834. The Morgan fingerprint density at radius 1 is 1.39 bits per heavy atom. The minimum absolute atomic E-state index is 0.0865. The van der Waals surface area contributed by atoms with E-state index in [-0.39, 0.29) is 24.0 Å². The lowest BCUT2D eigenvalue weighted by Crippen LogP contribution is -2.38. The van der Waals surface area contributed by atoms with Crippen molar-refractivity contribution in [1.29, 1.82) is 0 Å². The molecule has 0 bridgehead atoms. The summed E-state index contributed by atoms with van der Waals surface area (Å²) in [5.41, 5.74) is 2.45.